The third kappa shape index (κ3) is 2.17. The van der Waals surface area contributed by atoms with Crippen molar-refractivity contribution < 1.29 is 4.74 Å². The first-order valence-corrected chi connectivity index (χ1v) is 5.80. The molecular weight excluding hydrogens is 168 g/mol. The predicted molar refractivity (Wildman–Crippen MR) is 55.5 cm³/mol. The average molecular weight is 188 g/mol. The van der Waals surface area contributed by atoms with E-state index < -0.39 is 0 Å². The molecule has 0 bridgehead atoms. The number of hydrogen-bond acceptors (Lipinski definition) is 2. The van der Waals surface area contributed by atoms with Crippen LogP contribution < -0.4 is 0 Å². The van der Waals surface area contributed by atoms with Crippen molar-refractivity contribution in [1.29, 1.82) is 0 Å². The van der Waals surface area contributed by atoms with Gasteiger partial charge in [-0.05, 0) is 18.3 Å². The molecule has 1 saturated heterocycles. The summed E-state index contributed by atoms with van der Waals surface area (Å²) < 4.78 is 5.94. The van der Waals surface area contributed by atoms with Crippen molar-refractivity contribution >= 4 is 11.8 Å². The normalized spacial score (nSPS) is 27.0. The molecule has 0 amide bonds. The second kappa shape index (κ2) is 3.59. The quantitative estimate of drug-likeness (QED) is 0.657. The monoisotopic (exact) mass is 188 g/mol. The van der Waals surface area contributed by atoms with Crippen LogP contribution in [0.1, 0.15) is 40.5 Å². The minimum Gasteiger partial charge on any atom is -0.364 e. The van der Waals surface area contributed by atoms with Crippen LogP contribution in [0.25, 0.3) is 0 Å². The molecule has 0 aromatic heterocycles. The SMILES string of the molecule is CCC1(CC)OCC(C)(C)CS1. The maximum Gasteiger partial charge on any atom is 0.113 e. The van der Waals surface area contributed by atoms with E-state index in [4.69, 9.17) is 4.74 Å². The highest BCUT2D eigenvalue weighted by Crippen LogP contribution is 2.43. The van der Waals surface area contributed by atoms with Crippen molar-refractivity contribution in [2.45, 2.75) is 45.5 Å². The molecule has 1 heterocycles. The third-order valence-corrected chi connectivity index (χ3v) is 4.68. The molecule has 12 heavy (non-hydrogen) atoms. The minimum atomic E-state index is 0.134. The van der Waals surface area contributed by atoms with Crippen LogP contribution in [-0.2, 0) is 4.74 Å². The van der Waals surface area contributed by atoms with Crippen molar-refractivity contribution in [3.63, 3.8) is 0 Å². The van der Waals surface area contributed by atoms with Crippen LogP contribution in [0, 0.1) is 5.41 Å². The first-order valence-electron chi connectivity index (χ1n) is 4.81. The van der Waals surface area contributed by atoms with Crippen LogP contribution in [0.2, 0.25) is 0 Å². The Bertz CT molecular complexity index is 138. The molecule has 1 aliphatic heterocycles. The smallest absolute Gasteiger partial charge is 0.113 e. The van der Waals surface area contributed by atoms with Crippen molar-refractivity contribution in [3.05, 3.63) is 0 Å². The van der Waals surface area contributed by atoms with Gasteiger partial charge in [-0.15, -0.1) is 11.8 Å². The lowest BCUT2D eigenvalue weighted by atomic mass is 9.97. The maximum absolute atomic E-state index is 5.94. The zero-order valence-corrected chi connectivity index (χ0v) is 9.46. The highest BCUT2D eigenvalue weighted by Gasteiger charge is 2.37. The van der Waals surface area contributed by atoms with Gasteiger partial charge in [-0.25, -0.2) is 0 Å². The van der Waals surface area contributed by atoms with Gasteiger partial charge in [-0.1, -0.05) is 27.7 Å². The lowest BCUT2D eigenvalue weighted by molar-refractivity contribution is -0.0282. The van der Waals surface area contributed by atoms with E-state index in [1.165, 1.54) is 5.75 Å². The highest BCUT2D eigenvalue weighted by molar-refractivity contribution is 8.00. The molecule has 2 heteroatoms. The van der Waals surface area contributed by atoms with Gasteiger partial charge in [-0.2, -0.15) is 0 Å². The molecule has 1 rings (SSSR count). The topological polar surface area (TPSA) is 9.23 Å². The van der Waals surface area contributed by atoms with E-state index in [2.05, 4.69) is 27.7 Å². The molecular formula is C10H20OS. The van der Waals surface area contributed by atoms with E-state index >= 15 is 0 Å². The van der Waals surface area contributed by atoms with Crippen molar-refractivity contribution in [2.24, 2.45) is 5.41 Å². The molecule has 0 aliphatic carbocycles. The number of rotatable bonds is 2. The van der Waals surface area contributed by atoms with E-state index in [0.29, 0.717) is 5.41 Å². The zero-order chi connectivity index (χ0) is 9.24. The van der Waals surface area contributed by atoms with Crippen LogP contribution in [0.4, 0.5) is 0 Å². The van der Waals surface area contributed by atoms with Gasteiger partial charge in [0.1, 0.15) is 4.93 Å². The molecule has 72 valence electrons. The van der Waals surface area contributed by atoms with E-state index in [1.54, 1.807) is 0 Å². The first kappa shape index (κ1) is 10.4. The summed E-state index contributed by atoms with van der Waals surface area (Å²) in [6.07, 6.45) is 2.26. The Morgan fingerprint density at radius 2 is 1.83 bits per heavy atom. The summed E-state index contributed by atoms with van der Waals surface area (Å²) in [4.78, 5) is 0.134. The number of hydrogen-bond donors (Lipinski definition) is 0. The van der Waals surface area contributed by atoms with Gasteiger partial charge >= 0.3 is 0 Å². The standard InChI is InChI=1S/C10H20OS/c1-5-10(6-2)11-7-9(3,4)8-12-10/h5-8H2,1-4H3. The molecule has 0 atom stereocenters. The molecule has 0 aromatic carbocycles. The second-order valence-electron chi connectivity index (χ2n) is 4.36. The Labute approximate surface area is 80.3 Å². The van der Waals surface area contributed by atoms with Crippen molar-refractivity contribution in [3.8, 4) is 0 Å². The zero-order valence-electron chi connectivity index (χ0n) is 8.64. The Balaban J connectivity index is 2.53. The largest absolute Gasteiger partial charge is 0.364 e. The average Bonchev–Trinajstić information content (AvgIpc) is 2.06. The molecule has 1 nitrogen and oxygen atoms in total. The summed E-state index contributed by atoms with van der Waals surface area (Å²) in [5, 5.41) is 0. The van der Waals surface area contributed by atoms with Gasteiger partial charge in [-0.3, -0.25) is 0 Å². The van der Waals surface area contributed by atoms with E-state index in [-0.39, 0.29) is 4.93 Å². The second-order valence-corrected chi connectivity index (χ2v) is 5.68. The molecule has 1 aliphatic rings. The van der Waals surface area contributed by atoms with Crippen LogP contribution in [-0.4, -0.2) is 17.3 Å². The third-order valence-electron chi connectivity index (χ3n) is 2.53. The first-order chi connectivity index (χ1) is 5.54. The van der Waals surface area contributed by atoms with Crippen LogP contribution in [0.5, 0.6) is 0 Å². The van der Waals surface area contributed by atoms with Gasteiger partial charge in [0, 0.05) is 5.75 Å². The van der Waals surface area contributed by atoms with Crippen molar-refractivity contribution in [1.82, 2.24) is 0 Å². The van der Waals surface area contributed by atoms with Crippen LogP contribution in [0.3, 0.4) is 0 Å². The number of ether oxygens (including phenoxy) is 1. The molecule has 0 aromatic rings. The van der Waals surface area contributed by atoms with Crippen LogP contribution in [0.15, 0.2) is 0 Å². The van der Waals surface area contributed by atoms with Gasteiger partial charge in [0.05, 0.1) is 6.61 Å². The summed E-state index contributed by atoms with van der Waals surface area (Å²) in [7, 11) is 0. The summed E-state index contributed by atoms with van der Waals surface area (Å²) >= 11 is 2.00. The summed E-state index contributed by atoms with van der Waals surface area (Å²) in [6.45, 7) is 9.90. The number of thioether (sulfide) groups is 1. The molecule has 0 spiro atoms. The Kier molecular flexibility index (Phi) is 3.11. The lowest BCUT2D eigenvalue weighted by Gasteiger charge is -2.42. The van der Waals surface area contributed by atoms with E-state index in [1.807, 2.05) is 11.8 Å². The Morgan fingerprint density at radius 3 is 2.17 bits per heavy atom. The minimum absolute atomic E-state index is 0.134. The fourth-order valence-corrected chi connectivity index (χ4v) is 2.68. The Morgan fingerprint density at radius 1 is 1.25 bits per heavy atom. The highest BCUT2D eigenvalue weighted by atomic mass is 32.2. The van der Waals surface area contributed by atoms with Crippen LogP contribution >= 0.6 is 11.8 Å². The molecule has 1 fully saturated rings. The fraction of sp³-hybridized carbons (Fsp3) is 1.00. The van der Waals surface area contributed by atoms with E-state index in [9.17, 15) is 0 Å². The lowest BCUT2D eigenvalue weighted by Crippen LogP contribution is -2.40. The summed E-state index contributed by atoms with van der Waals surface area (Å²) in [5.41, 5.74) is 0.374. The van der Waals surface area contributed by atoms with Gasteiger partial charge < -0.3 is 4.74 Å². The van der Waals surface area contributed by atoms with Gasteiger partial charge in [0.2, 0.25) is 0 Å². The predicted octanol–water partition coefficient (Wildman–Crippen LogP) is 3.29. The molecule has 0 radical (unpaired) electrons. The van der Waals surface area contributed by atoms with Crippen molar-refractivity contribution in [2.75, 3.05) is 12.4 Å². The van der Waals surface area contributed by atoms with Gasteiger partial charge in [0.15, 0.2) is 0 Å². The molecule has 0 unspecified atom stereocenters. The Hall–Kier alpha value is 0.310. The summed E-state index contributed by atoms with van der Waals surface area (Å²) in [6, 6.07) is 0. The summed E-state index contributed by atoms with van der Waals surface area (Å²) in [5.74, 6) is 1.23. The fourth-order valence-electron chi connectivity index (χ4n) is 1.40. The van der Waals surface area contributed by atoms with E-state index in [0.717, 1.165) is 19.4 Å². The molecule has 0 saturated carbocycles. The van der Waals surface area contributed by atoms with Gasteiger partial charge in [0.25, 0.3) is 0 Å². The molecule has 0 N–H and O–H groups in total. The maximum atomic E-state index is 5.94.